The van der Waals surface area contributed by atoms with E-state index in [-0.39, 0.29) is 28.6 Å². The van der Waals surface area contributed by atoms with E-state index in [1.54, 1.807) is 81.0 Å². The van der Waals surface area contributed by atoms with Crippen LogP contribution in [0.25, 0.3) is 33.1 Å². The summed E-state index contributed by atoms with van der Waals surface area (Å²) in [5.41, 5.74) is 4.29. The molecule has 0 aliphatic carbocycles. The number of anilines is 1. The lowest BCUT2D eigenvalue weighted by Crippen LogP contribution is -2.32. The predicted octanol–water partition coefficient (Wildman–Crippen LogP) is 9.11. The van der Waals surface area contributed by atoms with Gasteiger partial charge in [0, 0.05) is 60.0 Å². The molecule has 1 aliphatic rings. The lowest BCUT2D eigenvalue weighted by Gasteiger charge is -2.22. The molecule has 4 aromatic heterocycles. The summed E-state index contributed by atoms with van der Waals surface area (Å²) in [6.45, 7) is 6.39. The second-order valence-corrected chi connectivity index (χ2v) is 14.3. The van der Waals surface area contributed by atoms with E-state index in [1.165, 1.54) is 18.3 Å². The van der Waals surface area contributed by atoms with Crippen molar-refractivity contribution in [3.05, 3.63) is 148 Å². The number of rotatable bonds is 9. The zero-order valence-corrected chi connectivity index (χ0v) is 31.5. The summed E-state index contributed by atoms with van der Waals surface area (Å²) in [7, 11) is 0. The van der Waals surface area contributed by atoms with Crippen LogP contribution < -0.4 is 14.8 Å². The number of nitrogens with zero attached hydrogens (tertiary/aromatic N) is 6. The number of amides is 1. The van der Waals surface area contributed by atoms with E-state index in [1.807, 2.05) is 16.1 Å². The van der Waals surface area contributed by atoms with Crippen molar-refractivity contribution in [2.24, 2.45) is 0 Å². The first-order chi connectivity index (χ1) is 27.5. The molecule has 8 aromatic rings. The Morgan fingerprint density at radius 3 is 2.58 bits per heavy atom. The molecule has 1 unspecified atom stereocenters. The summed E-state index contributed by atoms with van der Waals surface area (Å²) < 4.78 is 63.5. The van der Waals surface area contributed by atoms with Crippen LogP contribution in [0.5, 0.6) is 11.5 Å². The molecule has 11 nitrogen and oxygen atoms in total. The molecule has 15 heteroatoms. The monoisotopic (exact) mass is 788 g/mol. The predicted molar refractivity (Wildman–Crippen MR) is 208 cm³/mol. The van der Waals surface area contributed by atoms with E-state index in [0.29, 0.717) is 74.5 Å². The Morgan fingerprint density at radius 2 is 1.81 bits per heavy atom. The summed E-state index contributed by atoms with van der Waals surface area (Å²) in [6.07, 6.45) is 4.75. The molecule has 1 amide bonds. The van der Waals surface area contributed by atoms with Crippen molar-refractivity contribution in [3.63, 3.8) is 0 Å². The smallest absolute Gasteiger partial charge is 0.292 e. The van der Waals surface area contributed by atoms with Crippen molar-refractivity contribution in [1.29, 1.82) is 0 Å². The summed E-state index contributed by atoms with van der Waals surface area (Å²) in [6, 6.07) is 18.9. The molecule has 0 fully saturated rings. The first kappa shape index (κ1) is 36.0. The van der Waals surface area contributed by atoms with Gasteiger partial charge in [-0.1, -0.05) is 23.7 Å². The van der Waals surface area contributed by atoms with Gasteiger partial charge in [-0.3, -0.25) is 14.9 Å². The van der Waals surface area contributed by atoms with Crippen molar-refractivity contribution < 1.29 is 27.4 Å². The van der Waals surface area contributed by atoms with Crippen LogP contribution in [-0.4, -0.2) is 40.2 Å². The number of imidazole rings is 2. The Bertz CT molecular complexity index is 2870. The van der Waals surface area contributed by atoms with Crippen LogP contribution in [-0.2, 0) is 25.3 Å². The van der Waals surface area contributed by atoms with Gasteiger partial charge in [-0.05, 0) is 80.1 Å². The SMILES string of the molecule is CCn1cncc1Cn1c(Cc2c(F)cc(-c3cccc4c3OC(C)(c3ccc(Cl)cn3)O4)cc2F)nc2cc(NC(=O)c3cc(F)c4[nH]nc(C)c4c3)ccc21. The van der Waals surface area contributed by atoms with Crippen molar-refractivity contribution in [2.75, 3.05) is 5.32 Å². The minimum absolute atomic E-state index is 0.116. The number of aryl methyl sites for hydroxylation is 2. The number of hydrogen-bond donors (Lipinski definition) is 2. The van der Waals surface area contributed by atoms with E-state index in [2.05, 4.69) is 25.5 Å². The van der Waals surface area contributed by atoms with Gasteiger partial charge in [0.15, 0.2) is 11.5 Å². The fourth-order valence-electron chi connectivity index (χ4n) is 7.22. The first-order valence-corrected chi connectivity index (χ1v) is 18.4. The third kappa shape index (κ3) is 6.41. The highest BCUT2D eigenvalue weighted by atomic mass is 35.5. The zero-order chi connectivity index (χ0) is 39.6. The standard InChI is InChI=1S/C42H32ClF3N8O3/c1-4-53-21-47-19-27(53)20-54-35-10-9-26(49-41(55)24-12-29-22(2)51-52-39(29)33(46)15-24)16-34(35)50-38(54)17-30-31(44)13-23(14-32(30)45)28-6-5-7-36-40(28)57-42(3,56-36)37-11-8-25(43)18-48-37/h5-16,18-19,21H,4,17,20H2,1-3H3,(H,49,55)(H,51,52). The van der Waals surface area contributed by atoms with Crippen molar-refractivity contribution in [3.8, 4) is 22.6 Å². The van der Waals surface area contributed by atoms with E-state index >= 15 is 8.78 Å². The minimum atomic E-state index is -1.29. The second-order valence-electron chi connectivity index (χ2n) is 13.9. The maximum absolute atomic E-state index is 16.2. The van der Waals surface area contributed by atoms with Gasteiger partial charge in [0.05, 0.1) is 40.3 Å². The number of pyridine rings is 1. The fourth-order valence-corrected chi connectivity index (χ4v) is 7.34. The van der Waals surface area contributed by atoms with Crippen molar-refractivity contribution in [2.45, 2.75) is 46.1 Å². The van der Waals surface area contributed by atoms with E-state index in [9.17, 15) is 9.18 Å². The number of carbonyl (C=O) groups excluding carboxylic acids is 1. The Balaban J connectivity index is 1.04. The number of carbonyl (C=O) groups is 1. The molecule has 0 radical (unpaired) electrons. The molecule has 9 rings (SSSR count). The molecule has 57 heavy (non-hydrogen) atoms. The number of aromatic amines is 1. The zero-order valence-electron chi connectivity index (χ0n) is 30.7. The van der Waals surface area contributed by atoms with E-state index in [0.717, 1.165) is 11.8 Å². The third-order valence-electron chi connectivity index (χ3n) is 10.2. The molecule has 2 N–H and O–H groups in total. The van der Waals surface area contributed by atoms with Crippen LogP contribution in [0, 0.1) is 24.4 Å². The summed E-state index contributed by atoms with van der Waals surface area (Å²) in [4.78, 5) is 26.8. The average molecular weight is 789 g/mol. The van der Waals surface area contributed by atoms with Gasteiger partial charge in [-0.25, -0.2) is 23.1 Å². The largest absolute Gasteiger partial charge is 0.443 e. The lowest BCUT2D eigenvalue weighted by molar-refractivity contribution is -0.0715. The number of aromatic nitrogens is 7. The molecule has 0 bridgehead atoms. The highest BCUT2D eigenvalue weighted by Gasteiger charge is 2.41. The molecular formula is C42H32ClF3N8O3. The summed E-state index contributed by atoms with van der Waals surface area (Å²) >= 11 is 6.04. The highest BCUT2D eigenvalue weighted by molar-refractivity contribution is 6.30. The Kier molecular flexibility index (Phi) is 8.72. The lowest BCUT2D eigenvalue weighted by atomic mass is 10.00. The minimum Gasteiger partial charge on any atom is -0.443 e. The molecule has 4 aromatic carbocycles. The molecule has 0 spiro atoms. The fraction of sp³-hybridized carbons (Fsp3) is 0.167. The number of hydrogen-bond acceptors (Lipinski definition) is 7. The molecule has 5 heterocycles. The van der Waals surface area contributed by atoms with Gasteiger partial charge in [-0.2, -0.15) is 5.10 Å². The van der Waals surface area contributed by atoms with Crippen LogP contribution >= 0.6 is 11.6 Å². The van der Waals surface area contributed by atoms with Crippen molar-refractivity contribution in [1.82, 2.24) is 34.3 Å². The second kappa shape index (κ2) is 13.8. The van der Waals surface area contributed by atoms with Gasteiger partial charge in [0.25, 0.3) is 11.7 Å². The average Bonchev–Trinajstić information content (AvgIpc) is 3.97. The normalized spacial score (nSPS) is 14.9. The van der Waals surface area contributed by atoms with Crippen LogP contribution in [0.4, 0.5) is 18.9 Å². The Hall–Kier alpha value is -6.67. The van der Waals surface area contributed by atoms with E-state index in [4.69, 9.17) is 26.1 Å². The molecular weight excluding hydrogens is 757 g/mol. The third-order valence-corrected chi connectivity index (χ3v) is 10.4. The van der Waals surface area contributed by atoms with Crippen LogP contribution in [0.3, 0.4) is 0 Å². The van der Waals surface area contributed by atoms with E-state index < -0.39 is 29.1 Å². The highest BCUT2D eigenvalue weighted by Crippen LogP contribution is 2.49. The van der Waals surface area contributed by atoms with Gasteiger partial charge < -0.3 is 23.9 Å². The molecule has 286 valence electrons. The van der Waals surface area contributed by atoms with Crippen molar-refractivity contribution >= 4 is 45.1 Å². The van der Waals surface area contributed by atoms with Gasteiger partial charge in [-0.15, -0.1) is 0 Å². The maximum Gasteiger partial charge on any atom is 0.292 e. The van der Waals surface area contributed by atoms with Crippen LogP contribution in [0.15, 0.2) is 91.5 Å². The number of benzene rings is 4. The first-order valence-electron chi connectivity index (χ1n) is 18.0. The topological polar surface area (TPSA) is 125 Å². The van der Waals surface area contributed by atoms with Crippen LogP contribution in [0.1, 0.15) is 52.7 Å². The molecule has 1 aliphatic heterocycles. The Morgan fingerprint density at radius 1 is 0.982 bits per heavy atom. The van der Waals surface area contributed by atoms with Gasteiger partial charge in [0.2, 0.25) is 0 Å². The Labute approximate surface area is 328 Å². The summed E-state index contributed by atoms with van der Waals surface area (Å²) in [5, 5.41) is 10.5. The van der Waals surface area contributed by atoms with Crippen LogP contribution in [0.2, 0.25) is 5.02 Å². The quantitative estimate of drug-likeness (QED) is 0.150. The molecule has 0 saturated carbocycles. The number of ether oxygens (including phenoxy) is 2. The number of halogens is 4. The maximum atomic E-state index is 16.2. The number of H-pyrrole nitrogens is 1. The molecule has 1 atom stereocenters. The number of nitrogens with one attached hydrogen (secondary N) is 2. The molecule has 0 saturated heterocycles. The van der Waals surface area contributed by atoms with Gasteiger partial charge >= 0.3 is 0 Å². The summed E-state index contributed by atoms with van der Waals surface area (Å²) in [5.74, 6) is -2.86. The number of para-hydroxylation sites is 1. The number of fused-ring (bicyclic) bond motifs is 3. The van der Waals surface area contributed by atoms with Gasteiger partial charge in [0.1, 0.15) is 34.5 Å².